The second-order valence-corrected chi connectivity index (χ2v) is 6.65. The van der Waals surface area contributed by atoms with Crippen LogP contribution >= 0.6 is 24.0 Å². The van der Waals surface area contributed by atoms with Crippen molar-refractivity contribution in [2.24, 2.45) is 12.0 Å². The smallest absolute Gasteiger partial charge is 0.191 e. The molecule has 0 aliphatic rings. The fourth-order valence-corrected chi connectivity index (χ4v) is 2.72. The molecule has 0 aliphatic carbocycles. The Morgan fingerprint density at radius 2 is 1.88 bits per heavy atom. The summed E-state index contributed by atoms with van der Waals surface area (Å²) in [5, 5.41) is 21.6. The summed E-state index contributed by atoms with van der Waals surface area (Å²) >= 11 is 0. The summed E-state index contributed by atoms with van der Waals surface area (Å²) in [6, 6.07) is 0.223. The number of rotatable bonds is 8. The van der Waals surface area contributed by atoms with Crippen LogP contribution < -0.4 is 10.6 Å². The number of halogens is 1. The number of guanidine groups is 1. The van der Waals surface area contributed by atoms with Crippen molar-refractivity contribution in [3.63, 3.8) is 0 Å². The van der Waals surface area contributed by atoms with Gasteiger partial charge in [-0.05, 0) is 52.5 Å². The molecule has 6 nitrogen and oxygen atoms in total. The third kappa shape index (κ3) is 7.13. The number of aliphatic imine (C=N–C) groups is 1. The van der Waals surface area contributed by atoms with Crippen molar-refractivity contribution in [3.8, 4) is 0 Å². The molecule has 0 saturated carbocycles. The Bertz CT molecular complexity index is 552. The second kappa shape index (κ2) is 11.0. The van der Waals surface area contributed by atoms with E-state index in [1.165, 1.54) is 11.3 Å². The molecule has 1 aromatic heterocycles. The summed E-state index contributed by atoms with van der Waals surface area (Å²) in [4.78, 5) is 4.58. The van der Waals surface area contributed by atoms with Crippen molar-refractivity contribution >= 4 is 29.9 Å². The third-order valence-electron chi connectivity index (χ3n) is 4.74. The molecule has 1 aromatic rings. The van der Waals surface area contributed by atoms with E-state index in [4.69, 9.17) is 0 Å². The number of aliphatic hydroxyl groups is 1. The molecule has 0 aliphatic heterocycles. The van der Waals surface area contributed by atoms with Gasteiger partial charge in [0.15, 0.2) is 5.96 Å². The van der Waals surface area contributed by atoms with E-state index < -0.39 is 5.60 Å². The molecule has 25 heavy (non-hydrogen) atoms. The minimum Gasteiger partial charge on any atom is -0.388 e. The number of hydrogen-bond acceptors (Lipinski definition) is 3. The molecule has 0 fully saturated rings. The topological polar surface area (TPSA) is 74.5 Å². The van der Waals surface area contributed by atoms with Crippen LogP contribution in [0.1, 0.15) is 57.5 Å². The summed E-state index contributed by atoms with van der Waals surface area (Å²) in [5.41, 5.74) is 2.85. The first kappa shape index (κ1) is 24.2. The molecular formula is C18H36IN5O. The summed E-state index contributed by atoms with van der Waals surface area (Å²) in [5.74, 6) is 0.754. The Morgan fingerprint density at radius 3 is 2.32 bits per heavy atom. The molecule has 0 radical (unpaired) electrons. The maximum atomic E-state index is 10.4. The first-order valence-electron chi connectivity index (χ1n) is 9.02. The van der Waals surface area contributed by atoms with Gasteiger partial charge in [-0.1, -0.05) is 13.8 Å². The predicted octanol–water partition coefficient (Wildman–Crippen LogP) is 2.69. The lowest BCUT2D eigenvalue weighted by molar-refractivity contribution is 0.0417. The standard InChI is InChI=1S/C18H35N5O.HI/c1-8-18(24,9-2)12-20-17(19-10-3)21-13(4)11-16-14(5)22-23(7)15(16)6;/h13,24H,8-12H2,1-7H3,(H2,19,20,21);1H. The lowest BCUT2D eigenvalue weighted by Crippen LogP contribution is -2.44. The molecule has 7 heteroatoms. The highest BCUT2D eigenvalue weighted by Gasteiger charge is 2.22. The lowest BCUT2D eigenvalue weighted by Gasteiger charge is -2.24. The minimum absolute atomic E-state index is 0. The zero-order chi connectivity index (χ0) is 18.3. The van der Waals surface area contributed by atoms with Crippen molar-refractivity contribution in [3.05, 3.63) is 17.0 Å². The van der Waals surface area contributed by atoms with Crippen molar-refractivity contribution in [2.75, 3.05) is 13.1 Å². The number of hydrogen-bond donors (Lipinski definition) is 3. The lowest BCUT2D eigenvalue weighted by atomic mass is 9.98. The average molecular weight is 465 g/mol. The molecule has 1 unspecified atom stereocenters. The van der Waals surface area contributed by atoms with Gasteiger partial charge >= 0.3 is 0 Å². The van der Waals surface area contributed by atoms with Gasteiger partial charge in [0.05, 0.1) is 17.8 Å². The third-order valence-corrected chi connectivity index (χ3v) is 4.74. The quantitative estimate of drug-likeness (QED) is 0.314. The maximum absolute atomic E-state index is 10.4. The first-order valence-corrected chi connectivity index (χ1v) is 9.02. The van der Waals surface area contributed by atoms with Gasteiger partial charge in [-0.3, -0.25) is 9.67 Å². The largest absolute Gasteiger partial charge is 0.388 e. The van der Waals surface area contributed by atoms with E-state index in [9.17, 15) is 5.11 Å². The Morgan fingerprint density at radius 1 is 1.28 bits per heavy atom. The van der Waals surface area contributed by atoms with Gasteiger partial charge in [0.2, 0.25) is 0 Å². The van der Waals surface area contributed by atoms with Gasteiger partial charge in [-0.25, -0.2) is 0 Å². The highest BCUT2D eigenvalue weighted by atomic mass is 127. The van der Waals surface area contributed by atoms with Gasteiger partial charge in [0.1, 0.15) is 0 Å². The summed E-state index contributed by atoms with van der Waals surface area (Å²) in [6.07, 6.45) is 2.30. The number of aryl methyl sites for hydroxylation is 2. The van der Waals surface area contributed by atoms with Gasteiger partial charge in [0, 0.05) is 25.3 Å². The van der Waals surface area contributed by atoms with Crippen molar-refractivity contribution < 1.29 is 5.11 Å². The fourth-order valence-electron chi connectivity index (χ4n) is 2.72. The van der Waals surface area contributed by atoms with Crippen molar-refractivity contribution in [1.29, 1.82) is 0 Å². The molecule has 1 atom stereocenters. The molecule has 146 valence electrons. The zero-order valence-electron chi connectivity index (χ0n) is 16.8. The van der Waals surface area contributed by atoms with Gasteiger partial charge in [-0.2, -0.15) is 5.10 Å². The summed E-state index contributed by atoms with van der Waals surface area (Å²) in [6.45, 7) is 13.5. The Balaban J connectivity index is 0.00000576. The second-order valence-electron chi connectivity index (χ2n) is 6.65. The maximum Gasteiger partial charge on any atom is 0.191 e. The number of nitrogens with zero attached hydrogens (tertiary/aromatic N) is 3. The molecule has 1 rings (SSSR count). The highest BCUT2D eigenvalue weighted by molar-refractivity contribution is 14.0. The summed E-state index contributed by atoms with van der Waals surface area (Å²) in [7, 11) is 1.98. The Labute approximate surface area is 169 Å². The van der Waals surface area contributed by atoms with E-state index in [-0.39, 0.29) is 30.0 Å². The number of aromatic nitrogens is 2. The zero-order valence-corrected chi connectivity index (χ0v) is 19.1. The monoisotopic (exact) mass is 465 g/mol. The predicted molar refractivity (Wildman–Crippen MR) is 116 cm³/mol. The van der Waals surface area contributed by atoms with Crippen LogP contribution in [0.15, 0.2) is 4.99 Å². The highest BCUT2D eigenvalue weighted by Crippen LogP contribution is 2.15. The van der Waals surface area contributed by atoms with E-state index in [1.54, 1.807) is 0 Å². The van der Waals surface area contributed by atoms with Crippen LogP contribution in [0.2, 0.25) is 0 Å². The SMILES string of the molecule is CCNC(=NCC(O)(CC)CC)NC(C)Cc1c(C)nn(C)c1C.I. The molecule has 0 saturated heterocycles. The average Bonchev–Trinajstić information content (AvgIpc) is 2.79. The van der Waals surface area contributed by atoms with Crippen LogP contribution in [0.3, 0.4) is 0 Å². The van der Waals surface area contributed by atoms with Crippen LogP contribution in [0.4, 0.5) is 0 Å². The minimum atomic E-state index is -0.720. The van der Waals surface area contributed by atoms with E-state index in [2.05, 4.69) is 41.5 Å². The first-order chi connectivity index (χ1) is 11.3. The van der Waals surface area contributed by atoms with Crippen molar-refractivity contribution in [2.45, 2.75) is 72.4 Å². The molecule has 0 spiro atoms. The molecule has 0 aromatic carbocycles. The molecular weight excluding hydrogens is 429 g/mol. The molecule has 3 N–H and O–H groups in total. The van der Waals surface area contributed by atoms with Gasteiger partial charge < -0.3 is 15.7 Å². The fraction of sp³-hybridized carbons (Fsp3) is 0.778. The van der Waals surface area contributed by atoms with Gasteiger partial charge in [0.25, 0.3) is 0 Å². The van der Waals surface area contributed by atoms with E-state index in [0.717, 1.165) is 24.6 Å². The Hall–Kier alpha value is -0.830. The Kier molecular flexibility index (Phi) is 10.6. The van der Waals surface area contributed by atoms with E-state index in [1.807, 2.05) is 32.5 Å². The van der Waals surface area contributed by atoms with Crippen LogP contribution in [0.25, 0.3) is 0 Å². The van der Waals surface area contributed by atoms with Gasteiger partial charge in [-0.15, -0.1) is 24.0 Å². The van der Waals surface area contributed by atoms with Crippen molar-refractivity contribution in [1.82, 2.24) is 20.4 Å². The molecule has 0 amide bonds. The summed E-state index contributed by atoms with van der Waals surface area (Å²) < 4.78 is 1.93. The number of nitrogens with one attached hydrogen (secondary N) is 2. The van der Waals surface area contributed by atoms with Crippen LogP contribution in [0, 0.1) is 13.8 Å². The van der Waals surface area contributed by atoms with E-state index in [0.29, 0.717) is 19.4 Å². The van der Waals surface area contributed by atoms with E-state index >= 15 is 0 Å². The van der Waals surface area contributed by atoms with Crippen LogP contribution in [-0.2, 0) is 13.5 Å². The normalized spacial score (nSPS) is 13.4. The van der Waals surface area contributed by atoms with Crippen LogP contribution in [-0.4, -0.2) is 45.6 Å². The van der Waals surface area contributed by atoms with Crippen LogP contribution in [0.5, 0.6) is 0 Å². The molecule has 1 heterocycles. The molecule has 0 bridgehead atoms.